The minimum Gasteiger partial charge on any atom is -0.493 e. The minimum atomic E-state index is -0.958. The number of unbranched alkanes of at least 4 members (excludes halogenated alkanes) is 1. The normalized spacial score (nSPS) is 15.1. The molecule has 0 spiro atoms. The number of anilines is 1. The van der Waals surface area contributed by atoms with E-state index in [9.17, 15) is 14.8 Å². The van der Waals surface area contributed by atoms with Crippen LogP contribution in [0, 0.1) is 5.92 Å². The van der Waals surface area contributed by atoms with Crippen LogP contribution in [-0.2, 0) is 11.2 Å². The molecule has 0 heterocycles. The number of carbonyl (C=O) groups is 2. The third-order valence-electron chi connectivity index (χ3n) is 6.24. The predicted octanol–water partition coefficient (Wildman–Crippen LogP) is 6.12. The van der Waals surface area contributed by atoms with Crippen LogP contribution in [0.3, 0.4) is 0 Å². The molecule has 0 fully saturated rings. The molecule has 0 aliphatic heterocycles. The van der Waals surface area contributed by atoms with Gasteiger partial charge in [-0.25, -0.2) is 0 Å². The summed E-state index contributed by atoms with van der Waals surface area (Å²) in [7, 11) is 0. The van der Waals surface area contributed by atoms with Crippen LogP contribution in [-0.4, -0.2) is 35.3 Å². The number of carboxylic acid groups (broad SMARTS) is 1. The zero-order valence-corrected chi connectivity index (χ0v) is 21.4. The highest BCUT2D eigenvalue weighted by molar-refractivity contribution is 6.31. The summed E-state index contributed by atoms with van der Waals surface area (Å²) >= 11 is 6.12. The number of aliphatic carboxylic acids is 1. The molecule has 2 aromatic carbocycles. The first-order valence-corrected chi connectivity index (χ1v) is 12.6. The molecular weight excluding hydrogens is 480 g/mol. The summed E-state index contributed by atoms with van der Waals surface area (Å²) in [5.74, 6) is -0.366. The fourth-order valence-corrected chi connectivity index (χ4v) is 4.36. The Morgan fingerprint density at radius 1 is 1.17 bits per heavy atom. The van der Waals surface area contributed by atoms with Crippen molar-refractivity contribution in [2.24, 2.45) is 5.92 Å². The highest BCUT2D eigenvalue weighted by Gasteiger charge is 2.19. The van der Waals surface area contributed by atoms with Gasteiger partial charge in [0.05, 0.1) is 24.3 Å². The van der Waals surface area contributed by atoms with Crippen molar-refractivity contribution in [2.75, 3.05) is 18.6 Å². The zero-order chi connectivity index (χ0) is 26.1. The summed E-state index contributed by atoms with van der Waals surface area (Å²) in [6, 6.07) is 10.4. The molecule has 0 saturated heterocycles. The molecule has 0 saturated carbocycles. The summed E-state index contributed by atoms with van der Waals surface area (Å²) < 4.78 is 5.78. The molecule has 4 N–H and O–H groups in total. The Kier molecular flexibility index (Phi) is 9.96. The Morgan fingerprint density at radius 2 is 1.97 bits per heavy atom. The lowest BCUT2D eigenvalue weighted by Crippen LogP contribution is -2.26. The predicted molar refractivity (Wildman–Crippen MR) is 142 cm³/mol. The number of hydrogen-bond acceptors (Lipinski definition) is 5. The molecule has 1 atom stereocenters. The number of amides is 1. The SMILES string of the molecule is CCCCOc1ccc(Cl)cc1C(=O)NCCC1=CC=C(c2ccc(CC(=O)O)c(NO)c2)CC1C. The van der Waals surface area contributed by atoms with Gasteiger partial charge in [-0.05, 0) is 66.1 Å². The van der Waals surface area contributed by atoms with E-state index < -0.39 is 5.97 Å². The standard InChI is InChI=1S/C28H33ClN2O5/c1-3-4-13-36-26-10-9-23(29)17-24(26)28(34)30-12-11-19-5-6-20(14-18(19)2)21-7-8-22(16-27(32)33)25(15-21)31-35/h5-10,15,17-18,31,35H,3-4,11-14,16H2,1-2H3,(H,30,34)(H,32,33). The first-order chi connectivity index (χ1) is 17.3. The van der Waals surface area contributed by atoms with E-state index in [1.807, 2.05) is 12.1 Å². The molecule has 3 rings (SSSR count). The maximum absolute atomic E-state index is 12.8. The van der Waals surface area contributed by atoms with E-state index in [0.29, 0.717) is 47.2 Å². The van der Waals surface area contributed by atoms with Gasteiger partial charge in [0, 0.05) is 11.6 Å². The monoisotopic (exact) mass is 512 g/mol. The number of halogens is 1. The fraction of sp³-hybridized carbons (Fsp3) is 0.357. The molecule has 1 unspecified atom stereocenters. The molecule has 7 nitrogen and oxygen atoms in total. The van der Waals surface area contributed by atoms with Gasteiger partial charge in [-0.3, -0.25) is 20.3 Å². The van der Waals surface area contributed by atoms with Gasteiger partial charge in [0.1, 0.15) is 5.75 Å². The Bertz CT molecular complexity index is 1160. The molecule has 0 bridgehead atoms. The van der Waals surface area contributed by atoms with E-state index in [0.717, 1.165) is 30.4 Å². The van der Waals surface area contributed by atoms with Crippen LogP contribution in [0.1, 0.15) is 61.0 Å². The number of ether oxygens (including phenoxy) is 1. The van der Waals surface area contributed by atoms with Crippen LogP contribution < -0.4 is 15.5 Å². The van der Waals surface area contributed by atoms with Crippen LogP contribution in [0.4, 0.5) is 5.69 Å². The number of benzene rings is 2. The van der Waals surface area contributed by atoms with Gasteiger partial charge < -0.3 is 15.2 Å². The molecule has 1 amide bonds. The molecule has 8 heteroatoms. The maximum Gasteiger partial charge on any atom is 0.307 e. The van der Waals surface area contributed by atoms with E-state index in [1.54, 1.807) is 30.3 Å². The van der Waals surface area contributed by atoms with Gasteiger partial charge in [-0.1, -0.05) is 61.7 Å². The summed E-state index contributed by atoms with van der Waals surface area (Å²) in [4.78, 5) is 23.9. The number of hydrogen-bond donors (Lipinski definition) is 4. The summed E-state index contributed by atoms with van der Waals surface area (Å²) in [5.41, 5.74) is 6.70. The zero-order valence-electron chi connectivity index (χ0n) is 20.6. The quantitative estimate of drug-likeness (QED) is 0.202. The second kappa shape index (κ2) is 13.1. The first-order valence-electron chi connectivity index (χ1n) is 12.2. The van der Waals surface area contributed by atoms with Gasteiger partial charge >= 0.3 is 5.97 Å². The first kappa shape index (κ1) is 27.3. The molecular formula is C28H33ClN2O5. The van der Waals surface area contributed by atoms with Crippen LogP contribution in [0.2, 0.25) is 5.02 Å². The van der Waals surface area contributed by atoms with Crippen molar-refractivity contribution < 1.29 is 24.6 Å². The number of carbonyl (C=O) groups excluding carboxylic acids is 1. The number of nitrogens with one attached hydrogen (secondary N) is 2. The van der Waals surface area contributed by atoms with Gasteiger partial charge in [0.2, 0.25) is 0 Å². The van der Waals surface area contributed by atoms with Gasteiger partial charge in [-0.15, -0.1) is 0 Å². The number of rotatable bonds is 12. The van der Waals surface area contributed by atoms with E-state index in [2.05, 4.69) is 30.7 Å². The van der Waals surface area contributed by atoms with Crippen molar-refractivity contribution >= 4 is 34.7 Å². The minimum absolute atomic E-state index is 0.171. The average molecular weight is 513 g/mol. The third-order valence-corrected chi connectivity index (χ3v) is 6.48. The smallest absolute Gasteiger partial charge is 0.307 e. The number of allylic oxidation sites excluding steroid dienone is 3. The molecule has 1 aliphatic carbocycles. The molecule has 1 aliphatic rings. The second-order valence-electron chi connectivity index (χ2n) is 8.94. The lowest BCUT2D eigenvalue weighted by molar-refractivity contribution is -0.136. The van der Waals surface area contributed by atoms with Crippen molar-refractivity contribution in [3.8, 4) is 5.75 Å². The van der Waals surface area contributed by atoms with Crippen molar-refractivity contribution in [1.82, 2.24) is 5.32 Å². The fourth-order valence-electron chi connectivity index (χ4n) is 4.19. The van der Waals surface area contributed by atoms with Crippen molar-refractivity contribution in [3.63, 3.8) is 0 Å². The average Bonchev–Trinajstić information content (AvgIpc) is 2.85. The molecule has 192 valence electrons. The largest absolute Gasteiger partial charge is 0.493 e. The Hall–Kier alpha value is -3.29. The molecule has 2 aromatic rings. The molecule has 36 heavy (non-hydrogen) atoms. The van der Waals surface area contributed by atoms with Gasteiger partial charge in [-0.2, -0.15) is 0 Å². The van der Waals surface area contributed by atoms with Crippen LogP contribution >= 0.6 is 11.6 Å². The second-order valence-corrected chi connectivity index (χ2v) is 9.38. The van der Waals surface area contributed by atoms with Gasteiger partial charge in [0.15, 0.2) is 0 Å². The Labute approximate surface area is 216 Å². The lowest BCUT2D eigenvalue weighted by atomic mass is 9.84. The Morgan fingerprint density at radius 3 is 2.67 bits per heavy atom. The van der Waals surface area contributed by atoms with Crippen molar-refractivity contribution in [2.45, 2.75) is 46.0 Å². The van der Waals surface area contributed by atoms with Crippen molar-refractivity contribution in [3.05, 3.63) is 75.8 Å². The van der Waals surface area contributed by atoms with Crippen molar-refractivity contribution in [1.29, 1.82) is 0 Å². The molecule has 0 radical (unpaired) electrons. The maximum atomic E-state index is 12.8. The highest BCUT2D eigenvalue weighted by Crippen LogP contribution is 2.34. The Balaban J connectivity index is 1.63. The number of carboxylic acids is 1. The van der Waals surface area contributed by atoms with Gasteiger partial charge in [0.25, 0.3) is 5.91 Å². The highest BCUT2D eigenvalue weighted by atomic mass is 35.5. The van der Waals surface area contributed by atoms with Crippen LogP contribution in [0.5, 0.6) is 5.75 Å². The summed E-state index contributed by atoms with van der Waals surface area (Å²) in [6.07, 6.45) is 7.38. The summed E-state index contributed by atoms with van der Waals surface area (Å²) in [5, 5.41) is 21.9. The third kappa shape index (κ3) is 7.35. The van der Waals surface area contributed by atoms with Crippen LogP contribution in [0.25, 0.3) is 5.57 Å². The topological polar surface area (TPSA) is 108 Å². The molecule has 0 aromatic heterocycles. The van der Waals surface area contributed by atoms with E-state index in [1.165, 1.54) is 5.57 Å². The lowest BCUT2D eigenvalue weighted by Gasteiger charge is -2.23. The van der Waals surface area contributed by atoms with E-state index in [-0.39, 0.29) is 18.2 Å². The van der Waals surface area contributed by atoms with Crippen LogP contribution in [0.15, 0.2) is 54.1 Å². The van der Waals surface area contributed by atoms with E-state index in [4.69, 9.17) is 21.4 Å². The van der Waals surface area contributed by atoms with E-state index >= 15 is 0 Å². The summed E-state index contributed by atoms with van der Waals surface area (Å²) in [6.45, 7) is 5.26.